The molecule has 2 heterocycles. The molecule has 0 fully saturated rings. The van der Waals surface area contributed by atoms with Crippen molar-refractivity contribution in [2.75, 3.05) is 23.8 Å². The van der Waals surface area contributed by atoms with Gasteiger partial charge in [-0.1, -0.05) is 0 Å². The fourth-order valence-corrected chi connectivity index (χ4v) is 2.37. The van der Waals surface area contributed by atoms with Crippen LogP contribution < -0.4 is 10.2 Å². The first kappa shape index (κ1) is 11.8. The van der Waals surface area contributed by atoms with E-state index in [4.69, 9.17) is 0 Å². The van der Waals surface area contributed by atoms with Crippen molar-refractivity contribution in [1.82, 2.24) is 10.2 Å². The van der Waals surface area contributed by atoms with Gasteiger partial charge < -0.3 is 10.2 Å². The van der Waals surface area contributed by atoms with Crippen LogP contribution in [0.1, 0.15) is 21.7 Å². The van der Waals surface area contributed by atoms with E-state index in [2.05, 4.69) is 27.5 Å². The molecule has 0 atom stereocenters. The van der Waals surface area contributed by atoms with Crippen molar-refractivity contribution in [1.29, 1.82) is 0 Å². The van der Waals surface area contributed by atoms with E-state index in [1.165, 1.54) is 11.3 Å². The van der Waals surface area contributed by atoms with E-state index in [1.807, 2.05) is 25.1 Å². The van der Waals surface area contributed by atoms with Crippen LogP contribution in [0.15, 0.2) is 24.3 Å². The average Bonchev–Trinajstić information content (AvgIpc) is 2.97. The van der Waals surface area contributed by atoms with E-state index >= 15 is 0 Å². The number of H-pyrrole nitrogens is 1. The molecule has 0 saturated heterocycles. The molecule has 0 saturated carbocycles. The van der Waals surface area contributed by atoms with Gasteiger partial charge in [-0.05, 0) is 43.2 Å². The third-order valence-corrected chi connectivity index (χ3v) is 3.40. The topological polar surface area (TPSA) is 61.0 Å². The number of hydrogen-bond donors (Lipinski definition) is 2. The first-order valence-corrected chi connectivity index (χ1v) is 6.31. The first-order valence-electron chi connectivity index (χ1n) is 6.31. The number of fused-ring (bicyclic) bond motifs is 1. The van der Waals surface area contributed by atoms with E-state index in [9.17, 15) is 4.79 Å². The summed E-state index contributed by atoms with van der Waals surface area (Å²) in [5.41, 5.74) is 4.63. The largest absolute Gasteiger partial charge is 0.374 e. The predicted molar refractivity (Wildman–Crippen MR) is 74.7 cm³/mol. The molecule has 0 unspecified atom stereocenters. The molecule has 0 aliphatic carbocycles. The van der Waals surface area contributed by atoms with Crippen molar-refractivity contribution in [3.8, 4) is 0 Å². The van der Waals surface area contributed by atoms with Gasteiger partial charge in [0.15, 0.2) is 5.69 Å². The fourth-order valence-electron chi connectivity index (χ4n) is 2.37. The maximum absolute atomic E-state index is 12.0. The summed E-state index contributed by atoms with van der Waals surface area (Å²) >= 11 is 0. The number of aromatic nitrogens is 2. The SMILES string of the molecule is Cc1cc(C(=O)Nc2ccc3c(c2)CCN3C)n[nH]1. The molecule has 1 aromatic heterocycles. The maximum atomic E-state index is 12.0. The Hall–Kier alpha value is -2.30. The number of benzene rings is 1. The minimum Gasteiger partial charge on any atom is -0.374 e. The Balaban J connectivity index is 1.79. The Kier molecular flexibility index (Phi) is 2.74. The van der Waals surface area contributed by atoms with Crippen LogP contribution in [-0.2, 0) is 6.42 Å². The molecule has 1 aliphatic heterocycles. The quantitative estimate of drug-likeness (QED) is 0.863. The van der Waals surface area contributed by atoms with Crippen molar-refractivity contribution in [3.05, 3.63) is 41.2 Å². The number of aryl methyl sites for hydroxylation is 1. The summed E-state index contributed by atoms with van der Waals surface area (Å²) < 4.78 is 0. The maximum Gasteiger partial charge on any atom is 0.276 e. The summed E-state index contributed by atoms with van der Waals surface area (Å²) in [5, 5.41) is 9.59. The Morgan fingerprint density at radius 3 is 3.00 bits per heavy atom. The van der Waals surface area contributed by atoms with Crippen LogP contribution in [0.2, 0.25) is 0 Å². The summed E-state index contributed by atoms with van der Waals surface area (Å²) in [4.78, 5) is 14.2. The van der Waals surface area contributed by atoms with Gasteiger partial charge in [-0.25, -0.2) is 0 Å². The van der Waals surface area contributed by atoms with Gasteiger partial charge in [0.05, 0.1) is 0 Å². The fraction of sp³-hybridized carbons (Fsp3) is 0.286. The molecule has 1 aliphatic rings. The van der Waals surface area contributed by atoms with Gasteiger partial charge in [0.25, 0.3) is 5.91 Å². The summed E-state index contributed by atoms with van der Waals surface area (Å²) in [5.74, 6) is -0.185. The molecule has 3 rings (SSSR count). The van der Waals surface area contributed by atoms with E-state index < -0.39 is 0 Å². The molecule has 2 N–H and O–H groups in total. The Bertz CT molecular complexity index is 632. The molecule has 1 aromatic carbocycles. The molecule has 2 aromatic rings. The normalized spacial score (nSPS) is 13.5. The van der Waals surface area contributed by atoms with Crippen molar-refractivity contribution in [3.63, 3.8) is 0 Å². The highest BCUT2D eigenvalue weighted by atomic mass is 16.1. The van der Waals surface area contributed by atoms with Crippen LogP contribution in [-0.4, -0.2) is 29.7 Å². The lowest BCUT2D eigenvalue weighted by Crippen LogP contribution is -2.13. The highest BCUT2D eigenvalue weighted by molar-refractivity contribution is 6.03. The molecule has 98 valence electrons. The Morgan fingerprint density at radius 2 is 2.26 bits per heavy atom. The lowest BCUT2D eigenvalue weighted by Gasteiger charge is -2.12. The van der Waals surface area contributed by atoms with Crippen LogP contribution in [0.5, 0.6) is 0 Å². The zero-order chi connectivity index (χ0) is 13.4. The second kappa shape index (κ2) is 4.42. The lowest BCUT2D eigenvalue weighted by molar-refractivity contribution is 0.102. The highest BCUT2D eigenvalue weighted by Crippen LogP contribution is 2.29. The molecule has 0 radical (unpaired) electrons. The van der Waals surface area contributed by atoms with Crippen LogP contribution in [0.3, 0.4) is 0 Å². The van der Waals surface area contributed by atoms with Gasteiger partial charge in [-0.15, -0.1) is 0 Å². The van der Waals surface area contributed by atoms with Crippen molar-refractivity contribution >= 4 is 17.3 Å². The summed E-state index contributed by atoms with van der Waals surface area (Å²) in [6.45, 7) is 2.90. The second-order valence-electron chi connectivity index (χ2n) is 4.91. The van der Waals surface area contributed by atoms with E-state index in [-0.39, 0.29) is 5.91 Å². The van der Waals surface area contributed by atoms with Crippen molar-refractivity contribution in [2.24, 2.45) is 0 Å². The molecule has 5 heteroatoms. The van der Waals surface area contributed by atoms with Gasteiger partial charge >= 0.3 is 0 Å². The molecule has 0 spiro atoms. The first-order chi connectivity index (χ1) is 9.13. The number of carbonyl (C=O) groups is 1. The third kappa shape index (κ3) is 2.19. The Morgan fingerprint density at radius 1 is 1.42 bits per heavy atom. The summed E-state index contributed by atoms with van der Waals surface area (Å²) in [7, 11) is 2.08. The third-order valence-electron chi connectivity index (χ3n) is 3.40. The minimum absolute atomic E-state index is 0.185. The van der Waals surface area contributed by atoms with Gasteiger partial charge in [-0.2, -0.15) is 5.10 Å². The van der Waals surface area contributed by atoms with Gasteiger partial charge in [0.2, 0.25) is 0 Å². The summed E-state index contributed by atoms with van der Waals surface area (Å²) in [6, 6.07) is 7.75. The zero-order valence-corrected chi connectivity index (χ0v) is 11.0. The molecule has 0 bridgehead atoms. The number of hydrogen-bond acceptors (Lipinski definition) is 3. The molecule has 19 heavy (non-hydrogen) atoms. The summed E-state index contributed by atoms with van der Waals surface area (Å²) in [6.07, 6.45) is 1.02. The molecular weight excluding hydrogens is 240 g/mol. The number of rotatable bonds is 2. The molecule has 5 nitrogen and oxygen atoms in total. The number of nitrogens with zero attached hydrogens (tertiary/aromatic N) is 2. The van der Waals surface area contributed by atoms with Crippen LogP contribution in [0.4, 0.5) is 11.4 Å². The average molecular weight is 256 g/mol. The zero-order valence-electron chi connectivity index (χ0n) is 11.0. The highest BCUT2D eigenvalue weighted by Gasteiger charge is 2.16. The lowest BCUT2D eigenvalue weighted by atomic mass is 10.1. The number of anilines is 2. The number of carbonyl (C=O) groups excluding carboxylic acids is 1. The van der Waals surface area contributed by atoms with E-state index in [0.717, 1.165) is 24.3 Å². The second-order valence-corrected chi connectivity index (χ2v) is 4.91. The van der Waals surface area contributed by atoms with Crippen LogP contribution in [0.25, 0.3) is 0 Å². The molecular formula is C14H16N4O. The van der Waals surface area contributed by atoms with Crippen LogP contribution >= 0.6 is 0 Å². The number of amides is 1. The van der Waals surface area contributed by atoms with Gasteiger partial charge in [-0.3, -0.25) is 9.89 Å². The van der Waals surface area contributed by atoms with Crippen molar-refractivity contribution < 1.29 is 4.79 Å². The number of aromatic amines is 1. The predicted octanol–water partition coefficient (Wildman–Crippen LogP) is 1.96. The number of likely N-dealkylation sites (N-methyl/N-ethyl adjacent to an activating group) is 1. The van der Waals surface area contributed by atoms with Gasteiger partial charge in [0.1, 0.15) is 0 Å². The molecule has 1 amide bonds. The van der Waals surface area contributed by atoms with E-state index in [1.54, 1.807) is 6.07 Å². The van der Waals surface area contributed by atoms with E-state index in [0.29, 0.717) is 5.69 Å². The Labute approximate surface area is 111 Å². The standard InChI is InChI=1S/C14H16N4O/c1-9-7-12(17-16-9)14(19)15-11-3-4-13-10(8-11)5-6-18(13)2/h3-4,7-8H,5-6H2,1-2H3,(H,15,19)(H,16,17). The van der Waals surface area contributed by atoms with Gasteiger partial charge in [0, 0.05) is 30.7 Å². The number of nitrogens with one attached hydrogen (secondary N) is 2. The monoisotopic (exact) mass is 256 g/mol. The smallest absolute Gasteiger partial charge is 0.276 e. The van der Waals surface area contributed by atoms with Crippen LogP contribution in [0, 0.1) is 6.92 Å². The minimum atomic E-state index is -0.185. The van der Waals surface area contributed by atoms with Crippen molar-refractivity contribution in [2.45, 2.75) is 13.3 Å².